The first-order valence-corrected chi connectivity index (χ1v) is 4.64. The molecule has 4 N–H and O–H groups in total. The van der Waals surface area contributed by atoms with E-state index in [9.17, 15) is 15.0 Å². The zero-order chi connectivity index (χ0) is 11.4. The minimum Gasteiger partial charge on any atom is -0.389 e. The maximum Gasteiger partial charge on any atom is 0.220 e. The first-order chi connectivity index (χ1) is 7.00. The Morgan fingerprint density at radius 1 is 1.53 bits per heavy atom. The van der Waals surface area contributed by atoms with E-state index in [1.807, 2.05) is 0 Å². The van der Waals surface area contributed by atoms with Crippen LogP contribution in [0.4, 0.5) is 0 Å². The number of nitrogens with zero attached hydrogens (tertiary/aromatic N) is 1. The highest BCUT2D eigenvalue weighted by molar-refractivity contribution is 6.30. The van der Waals surface area contributed by atoms with E-state index in [2.05, 4.69) is 4.98 Å². The Hall–Kier alpha value is -1.17. The van der Waals surface area contributed by atoms with Gasteiger partial charge in [-0.2, -0.15) is 0 Å². The van der Waals surface area contributed by atoms with Crippen molar-refractivity contribution in [3.8, 4) is 0 Å². The number of halogens is 1. The molecule has 0 spiro atoms. The Kier molecular flexibility index (Phi) is 4.02. The molecule has 1 amide bonds. The maximum atomic E-state index is 10.5. The quantitative estimate of drug-likeness (QED) is 0.679. The van der Waals surface area contributed by atoms with E-state index >= 15 is 0 Å². The molecule has 0 aliphatic rings. The number of hydrogen-bond acceptors (Lipinski definition) is 4. The van der Waals surface area contributed by atoms with Crippen LogP contribution in [0, 0.1) is 0 Å². The van der Waals surface area contributed by atoms with Crippen LogP contribution in [0.5, 0.6) is 0 Å². The number of aliphatic hydroxyl groups is 2. The average molecular weight is 231 g/mol. The summed E-state index contributed by atoms with van der Waals surface area (Å²) in [4.78, 5) is 14.3. The Balaban J connectivity index is 2.71. The molecule has 0 aromatic carbocycles. The fourth-order valence-corrected chi connectivity index (χ4v) is 1.19. The summed E-state index contributed by atoms with van der Waals surface area (Å²) in [6.07, 6.45) is -1.46. The van der Waals surface area contributed by atoms with Crippen molar-refractivity contribution < 1.29 is 15.0 Å². The molecular formula is C9H11ClN2O3. The third-order valence-corrected chi connectivity index (χ3v) is 2.05. The lowest BCUT2D eigenvalue weighted by atomic mass is 10.1. The van der Waals surface area contributed by atoms with E-state index in [1.165, 1.54) is 18.3 Å². The lowest BCUT2D eigenvalue weighted by Crippen LogP contribution is -2.26. The summed E-state index contributed by atoms with van der Waals surface area (Å²) in [5.41, 5.74) is 5.13. The van der Waals surface area contributed by atoms with Gasteiger partial charge in [-0.05, 0) is 12.1 Å². The number of rotatable bonds is 4. The normalized spacial score (nSPS) is 14.6. The fraction of sp³-hybridized carbons (Fsp3) is 0.333. The second-order valence-electron chi connectivity index (χ2n) is 3.08. The molecule has 2 atom stereocenters. The highest BCUT2D eigenvalue weighted by Gasteiger charge is 2.21. The molecule has 1 aromatic rings. The predicted octanol–water partition coefficient (Wildman–Crippen LogP) is 0.00470. The molecule has 82 valence electrons. The van der Waals surface area contributed by atoms with Crippen molar-refractivity contribution in [2.75, 3.05) is 0 Å². The Morgan fingerprint density at radius 2 is 2.20 bits per heavy atom. The molecule has 0 radical (unpaired) electrons. The highest BCUT2D eigenvalue weighted by Crippen LogP contribution is 2.18. The number of hydrogen-bond donors (Lipinski definition) is 3. The van der Waals surface area contributed by atoms with Gasteiger partial charge in [0, 0.05) is 6.20 Å². The van der Waals surface area contributed by atoms with Gasteiger partial charge in [0.25, 0.3) is 0 Å². The number of pyridine rings is 1. The van der Waals surface area contributed by atoms with Gasteiger partial charge in [0.1, 0.15) is 6.10 Å². The SMILES string of the molecule is NC(=O)CC(O)C(O)c1ccc(Cl)cn1. The molecule has 1 aromatic heterocycles. The second-order valence-corrected chi connectivity index (χ2v) is 3.52. The first kappa shape index (κ1) is 11.9. The number of aliphatic hydroxyl groups excluding tert-OH is 2. The van der Waals surface area contributed by atoms with Gasteiger partial charge in [-0.3, -0.25) is 9.78 Å². The van der Waals surface area contributed by atoms with Gasteiger partial charge in [-0.15, -0.1) is 0 Å². The molecule has 1 rings (SSSR count). The van der Waals surface area contributed by atoms with Gasteiger partial charge >= 0.3 is 0 Å². The summed E-state index contributed by atoms with van der Waals surface area (Å²) >= 11 is 5.60. The Bertz CT molecular complexity index is 342. The molecule has 0 saturated carbocycles. The predicted molar refractivity (Wildman–Crippen MR) is 54.0 cm³/mol. The summed E-state index contributed by atoms with van der Waals surface area (Å²) in [5, 5.41) is 19.4. The Morgan fingerprint density at radius 3 is 2.67 bits per heavy atom. The average Bonchev–Trinajstić information content (AvgIpc) is 2.17. The molecular weight excluding hydrogens is 220 g/mol. The van der Waals surface area contributed by atoms with Crippen LogP contribution < -0.4 is 5.73 Å². The molecule has 1 heterocycles. The topological polar surface area (TPSA) is 96.4 Å². The largest absolute Gasteiger partial charge is 0.389 e. The van der Waals surface area contributed by atoms with Gasteiger partial charge < -0.3 is 15.9 Å². The summed E-state index contributed by atoms with van der Waals surface area (Å²) in [6, 6.07) is 3.00. The van der Waals surface area contributed by atoms with Gasteiger partial charge in [0.15, 0.2) is 0 Å². The summed E-state index contributed by atoms with van der Waals surface area (Å²) in [6.45, 7) is 0. The van der Waals surface area contributed by atoms with Gasteiger partial charge in [0.2, 0.25) is 5.91 Å². The van der Waals surface area contributed by atoms with Crippen molar-refractivity contribution in [1.29, 1.82) is 0 Å². The van der Waals surface area contributed by atoms with E-state index in [4.69, 9.17) is 17.3 Å². The standard InChI is InChI=1S/C9H11ClN2O3/c10-5-1-2-6(12-4-5)9(15)7(13)3-8(11)14/h1-2,4,7,9,13,15H,3H2,(H2,11,14). The third-order valence-electron chi connectivity index (χ3n) is 1.83. The van der Waals surface area contributed by atoms with Crippen molar-refractivity contribution in [2.24, 2.45) is 5.73 Å². The number of nitrogens with two attached hydrogens (primary N) is 1. The highest BCUT2D eigenvalue weighted by atomic mass is 35.5. The lowest BCUT2D eigenvalue weighted by molar-refractivity contribution is -0.121. The van der Waals surface area contributed by atoms with Crippen LogP contribution in [-0.2, 0) is 4.79 Å². The number of amides is 1. The maximum absolute atomic E-state index is 10.5. The summed E-state index contributed by atoms with van der Waals surface area (Å²) in [5.74, 6) is -0.685. The van der Waals surface area contributed by atoms with Crippen LogP contribution in [0.1, 0.15) is 18.2 Å². The van der Waals surface area contributed by atoms with Gasteiger partial charge in [-0.25, -0.2) is 0 Å². The third kappa shape index (κ3) is 3.47. The molecule has 5 nitrogen and oxygen atoms in total. The van der Waals surface area contributed by atoms with Crippen LogP contribution in [0.15, 0.2) is 18.3 Å². The molecule has 0 saturated heterocycles. The molecule has 0 fully saturated rings. The van der Waals surface area contributed by atoms with Crippen LogP contribution in [0.3, 0.4) is 0 Å². The van der Waals surface area contributed by atoms with E-state index in [0.29, 0.717) is 5.02 Å². The smallest absolute Gasteiger partial charge is 0.220 e. The van der Waals surface area contributed by atoms with Gasteiger partial charge in [0.05, 0.1) is 23.2 Å². The molecule has 2 unspecified atom stereocenters. The van der Waals surface area contributed by atoms with E-state index in [1.54, 1.807) is 0 Å². The molecule has 6 heteroatoms. The summed E-state index contributed by atoms with van der Waals surface area (Å²) < 4.78 is 0. The zero-order valence-corrected chi connectivity index (χ0v) is 8.55. The van der Waals surface area contributed by atoms with E-state index in [0.717, 1.165) is 0 Å². The van der Waals surface area contributed by atoms with Crippen LogP contribution in [0.2, 0.25) is 5.02 Å². The Labute approximate surface area is 91.5 Å². The van der Waals surface area contributed by atoms with Crippen LogP contribution in [-0.4, -0.2) is 27.2 Å². The van der Waals surface area contributed by atoms with Crippen molar-refractivity contribution in [2.45, 2.75) is 18.6 Å². The van der Waals surface area contributed by atoms with Crippen molar-refractivity contribution in [3.05, 3.63) is 29.0 Å². The summed E-state index contributed by atoms with van der Waals surface area (Å²) in [7, 11) is 0. The molecule has 0 bridgehead atoms. The molecule has 15 heavy (non-hydrogen) atoms. The monoisotopic (exact) mass is 230 g/mol. The van der Waals surface area contributed by atoms with Gasteiger partial charge in [-0.1, -0.05) is 11.6 Å². The number of carbonyl (C=O) groups excluding carboxylic acids is 1. The molecule has 0 aliphatic carbocycles. The van der Waals surface area contributed by atoms with Crippen LogP contribution in [0.25, 0.3) is 0 Å². The number of primary amides is 1. The van der Waals surface area contributed by atoms with Crippen LogP contribution >= 0.6 is 11.6 Å². The van der Waals surface area contributed by atoms with E-state index in [-0.39, 0.29) is 12.1 Å². The van der Waals surface area contributed by atoms with E-state index < -0.39 is 18.1 Å². The van der Waals surface area contributed by atoms with Crippen molar-refractivity contribution in [1.82, 2.24) is 4.98 Å². The molecule has 0 aliphatic heterocycles. The first-order valence-electron chi connectivity index (χ1n) is 4.26. The van der Waals surface area contributed by atoms with Crippen molar-refractivity contribution >= 4 is 17.5 Å². The zero-order valence-electron chi connectivity index (χ0n) is 7.80. The number of aromatic nitrogens is 1. The minimum atomic E-state index is -1.25. The number of carbonyl (C=O) groups is 1. The van der Waals surface area contributed by atoms with Crippen molar-refractivity contribution in [3.63, 3.8) is 0 Å². The lowest BCUT2D eigenvalue weighted by Gasteiger charge is -2.15. The second kappa shape index (κ2) is 5.06. The minimum absolute atomic E-state index is 0.244. The fourth-order valence-electron chi connectivity index (χ4n) is 1.08.